The molecular formula is C36H33F4N4O14S3+. The molecule has 1 aliphatic carbocycles. The Morgan fingerprint density at radius 2 is 1.48 bits per heavy atom. The zero-order valence-electron chi connectivity index (χ0n) is 31.0. The first-order valence-electron chi connectivity index (χ1n) is 17.4. The van der Waals surface area contributed by atoms with Crippen molar-refractivity contribution in [3.63, 3.8) is 0 Å². The first kappa shape index (κ1) is 46.1. The van der Waals surface area contributed by atoms with E-state index in [4.69, 9.17) is 20.1 Å². The summed E-state index contributed by atoms with van der Waals surface area (Å²) in [6, 6.07) is 7.74. The topological polar surface area (TPSA) is 312 Å². The van der Waals surface area contributed by atoms with E-state index in [1.807, 2.05) is 0 Å². The van der Waals surface area contributed by atoms with Crippen molar-refractivity contribution in [2.75, 3.05) is 24.6 Å². The lowest BCUT2D eigenvalue weighted by Gasteiger charge is -2.20. The number of rotatable bonds is 17. The molecule has 25 heteroatoms. The van der Waals surface area contributed by atoms with Crippen LogP contribution in [-0.2, 0) is 35.1 Å². The summed E-state index contributed by atoms with van der Waals surface area (Å²) >= 11 is 0. The number of unbranched alkanes of at least 4 members (excludes halogenated alkanes) is 2. The predicted octanol–water partition coefficient (Wildman–Crippen LogP) is 2.40. The Morgan fingerprint density at radius 1 is 0.803 bits per heavy atom. The average molecular weight is 918 g/mol. The predicted molar refractivity (Wildman–Crippen MR) is 203 cm³/mol. The van der Waals surface area contributed by atoms with Crippen molar-refractivity contribution < 1.29 is 86.0 Å². The number of benzene rings is 4. The quantitative estimate of drug-likeness (QED) is 0.0103. The van der Waals surface area contributed by atoms with Crippen LogP contribution in [0.2, 0.25) is 0 Å². The van der Waals surface area contributed by atoms with E-state index in [0.717, 1.165) is 30.3 Å². The van der Waals surface area contributed by atoms with Gasteiger partial charge in [0.25, 0.3) is 36.2 Å². The summed E-state index contributed by atoms with van der Waals surface area (Å²) in [5.41, 5.74) is 3.18. The van der Waals surface area contributed by atoms with Gasteiger partial charge in [0.15, 0.2) is 32.8 Å². The molecule has 0 atom stereocenters. The number of sulfonamides is 1. The maximum absolute atomic E-state index is 13.8. The van der Waals surface area contributed by atoms with Crippen LogP contribution in [0.25, 0.3) is 33.4 Å². The lowest BCUT2D eigenvalue weighted by molar-refractivity contribution is -0.176. The highest BCUT2D eigenvalue weighted by atomic mass is 32.2. The molecule has 0 radical (unpaired) electrons. The molecule has 1 heterocycles. The molecule has 5 rings (SSSR count). The van der Waals surface area contributed by atoms with Gasteiger partial charge in [-0.1, -0.05) is 6.42 Å². The number of carboxylic acid groups (broad SMARTS) is 1. The van der Waals surface area contributed by atoms with Crippen LogP contribution in [-0.4, -0.2) is 76.2 Å². The third-order valence-corrected chi connectivity index (χ3v) is 12.1. The highest BCUT2D eigenvalue weighted by Gasteiger charge is 2.34. The van der Waals surface area contributed by atoms with E-state index in [-0.39, 0.29) is 59.5 Å². The Balaban J connectivity index is 1.48. The van der Waals surface area contributed by atoms with Crippen molar-refractivity contribution in [2.24, 2.45) is 0 Å². The summed E-state index contributed by atoms with van der Waals surface area (Å²) in [5, 5.41) is 18.2. The van der Waals surface area contributed by atoms with Gasteiger partial charge in [0, 0.05) is 53.7 Å². The third kappa shape index (κ3) is 10.3. The maximum atomic E-state index is 13.8. The number of hydrogen-bond donors (Lipinski definition) is 7. The van der Waals surface area contributed by atoms with Crippen molar-refractivity contribution in [3.8, 4) is 28.2 Å². The lowest BCUT2D eigenvalue weighted by Crippen LogP contribution is -2.49. The molecule has 9 N–H and O–H groups in total. The van der Waals surface area contributed by atoms with Gasteiger partial charge >= 0.3 is 11.9 Å². The van der Waals surface area contributed by atoms with E-state index in [1.165, 1.54) is 12.1 Å². The Morgan fingerprint density at radius 3 is 2.10 bits per heavy atom. The Kier molecular flexibility index (Phi) is 13.5. The van der Waals surface area contributed by atoms with Gasteiger partial charge < -0.3 is 25.3 Å². The molecule has 3 aromatic carbocycles. The number of nitrogens with one attached hydrogen (secondary N) is 2. The van der Waals surface area contributed by atoms with E-state index in [2.05, 4.69) is 14.8 Å². The van der Waals surface area contributed by atoms with Crippen molar-refractivity contribution in [1.29, 1.82) is 0 Å². The van der Waals surface area contributed by atoms with Gasteiger partial charge in [0.1, 0.15) is 0 Å². The van der Waals surface area contributed by atoms with Crippen LogP contribution < -0.4 is 31.3 Å². The molecule has 1 aliphatic heterocycles. The van der Waals surface area contributed by atoms with Crippen LogP contribution in [0.4, 0.5) is 23.2 Å². The summed E-state index contributed by atoms with van der Waals surface area (Å²) in [6.45, 7) is -0.608. The second-order valence-corrected chi connectivity index (χ2v) is 17.7. The summed E-state index contributed by atoms with van der Waals surface area (Å²) in [6.07, 6.45) is -0.372. The van der Waals surface area contributed by atoms with Crippen molar-refractivity contribution in [3.05, 3.63) is 88.3 Å². The Labute approximate surface area is 342 Å². The van der Waals surface area contributed by atoms with Crippen molar-refractivity contribution in [2.45, 2.75) is 41.9 Å². The fourth-order valence-corrected chi connectivity index (χ4v) is 8.72. The third-order valence-electron chi connectivity index (χ3n) is 8.84. The van der Waals surface area contributed by atoms with Gasteiger partial charge in [0.05, 0.1) is 17.0 Å². The standard InChI is InChI=1S/C36H32F4N4O14S3/c37-22-16-23(38)29(40)32(28(22)39)57-26(45)5-2-1-3-12-43-35(46)17-6-7-18(36(47)48)21(15-17)27-19-8-10-24(41)33(60(52,53)44-13-4-14-59(49,50)51)30(19)58-31-20(27)9-11-25(42)34(31)61(54,55)56/h6-11,15-16,41,44H,1-5,12-14,42H2,(H,43,46)(H,47,48)(H,49,50,51)(H,54,55,56)/p+1. The highest BCUT2D eigenvalue weighted by Crippen LogP contribution is 2.46. The largest absolute Gasteiger partial charge is 0.478 e. The van der Waals surface area contributed by atoms with Crippen LogP contribution in [0.5, 0.6) is 5.75 Å². The molecule has 0 saturated carbocycles. The fraction of sp³-hybridized carbons (Fsp3) is 0.222. The van der Waals surface area contributed by atoms with Crippen LogP contribution >= 0.6 is 0 Å². The maximum Gasteiger partial charge on any atom is 0.336 e. The molecule has 1 amide bonds. The van der Waals surface area contributed by atoms with Gasteiger partial charge in [-0.05, 0) is 61.2 Å². The monoisotopic (exact) mass is 917 g/mol. The van der Waals surface area contributed by atoms with Crippen molar-refractivity contribution in [1.82, 2.24) is 10.0 Å². The molecule has 0 bridgehead atoms. The van der Waals surface area contributed by atoms with E-state index >= 15 is 0 Å². The molecule has 0 fully saturated rings. The number of nitrogen functional groups attached to an aromatic ring is 1. The molecule has 326 valence electrons. The molecule has 2 aliphatic rings. The second kappa shape index (κ2) is 17.9. The number of nitrogens with two attached hydrogens (primary N) is 2. The summed E-state index contributed by atoms with van der Waals surface area (Å²) in [5.74, 6) is -13.9. The van der Waals surface area contributed by atoms with Crippen LogP contribution in [0, 0.1) is 23.3 Å². The van der Waals surface area contributed by atoms with E-state index in [9.17, 15) is 66.9 Å². The number of carboxylic acids is 1. The SMILES string of the molecule is Nc1ccc2c(-c3cc(C(=O)NCCCCCC(=O)Oc4c(F)c(F)cc(F)c4F)ccc3C(=O)O)c3ccc(=[NH2+])c(S(=O)(=O)NCCCS(=O)(=O)O)c-3oc2c1S(=O)(=O)O. The molecule has 0 spiro atoms. The van der Waals surface area contributed by atoms with E-state index < -0.39 is 140 Å². The molecule has 0 saturated heterocycles. The van der Waals surface area contributed by atoms with Gasteiger partial charge in [-0.2, -0.15) is 25.6 Å². The van der Waals surface area contributed by atoms with Gasteiger partial charge in [0.2, 0.25) is 22.7 Å². The Hall–Kier alpha value is -5.99. The van der Waals surface area contributed by atoms with E-state index in [1.54, 1.807) is 0 Å². The molecule has 3 aromatic rings. The molecular weight excluding hydrogens is 885 g/mol. The highest BCUT2D eigenvalue weighted by molar-refractivity contribution is 7.89. The number of halogens is 4. The number of fused-ring (bicyclic) bond motifs is 2. The normalized spacial score (nSPS) is 12.2. The zero-order chi connectivity index (χ0) is 45.2. The minimum Gasteiger partial charge on any atom is -0.478 e. The summed E-state index contributed by atoms with van der Waals surface area (Å²) < 4.78 is 161. The number of amides is 1. The average Bonchev–Trinajstić information content (AvgIpc) is 3.16. The molecule has 0 unspecified atom stereocenters. The molecule has 0 aromatic heterocycles. The summed E-state index contributed by atoms with van der Waals surface area (Å²) in [7, 11) is -14.6. The first-order chi connectivity index (χ1) is 28.4. The van der Waals surface area contributed by atoms with Crippen LogP contribution in [0.15, 0.2) is 62.7 Å². The van der Waals surface area contributed by atoms with Gasteiger partial charge in [-0.3, -0.25) is 24.1 Å². The van der Waals surface area contributed by atoms with Crippen LogP contribution in [0.1, 0.15) is 52.8 Å². The Bertz CT molecular complexity index is 2960. The second-order valence-electron chi connectivity index (χ2n) is 13.1. The molecule has 61 heavy (non-hydrogen) atoms. The van der Waals surface area contributed by atoms with Gasteiger partial charge in [-0.15, -0.1) is 0 Å². The number of esters is 1. The fourth-order valence-electron chi connectivity index (χ4n) is 6.13. The number of aromatic carboxylic acids is 1. The minimum absolute atomic E-state index is 0.0464. The van der Waals surface area contributed by atoms with Gasteiger partial charge in [-0.25, -0.2) is 26.7 Å². The molecule has 18 nitrogen and oxygen atoms in total. The number of carbonyl (C=O) groups excluding carboxylic acids is 2. The minimum atomic E-state index is -5.27. The summed E-state index contributed by atoms with van der Waals surface area (Å²) in [4.78, 5) is 36.2. The number of ether oxygens (including phenoxy) is 1. The number of anilines is 1. The number of carbonyl (C=O) groups is 3. The van der Waals surface area contributed by atoms with Crippen LogP contribution in [0.3, 0.4) is 0 Å². The van der Waals surface area contributed by atoms with Crippen molar-refractivity contribution >= 4 is 64.8 Å². The number of hydrogen-bond acceptors (Lipinski definition) is 12. The smallest absolute Gasteiger partial charge is 0.336 e. The lowest BCUT2D eigenvalue weighted by atomic mass is 9.89. The zero-order valence-corrected chi connectivity index (χ0v) is 33.4. The first-order valence-corrected chi connectivity index (χ1v) is 22.0. The van der Waals surface area contributed by atoms with E-state index in [0.29, 0.717) is 0 Å².